The van der Waals surface area contributed by atoms with Crippen LogP contribution in [-0.4, -0.2) is 0 Å². The second kappa shape index (κ2) is 5.35. The molecule has 0 amide bonds. The fourth-order valence-corrected chi connectivity index (χ4v) is 1.41. The van der Waals surface area contributed by atoms with Crippen LogP contribution < -0.4 is 18.9 Å². The summed E-state index contributed by atoms with van der Waals surface area (Å²) >= 11 is 0. The molecule has 0 fully saturated rings. The summed E-state index contributed by atoms with van der Waals surface area (Å²) in [5.41, 5.74) is 0.742. The van der Waals surface area contributed by atoms with Crippen LogP contribution in [0, 0.1) is 17.8 Å². The summed E-state index contributed by atoms with van der Waals surface area (Å²) in [5, 5.41) is 0. The molecule has 0 aromatic heterocycles. The monoisotopic (exact) mass is 162 g/mol. The first-order chi connectivity index (χ1) is 4.83. The molecule has 0 heterocycles. The van der Waals surface area contributed by atoms with Gasteiger partial charge in [0.1, 0.15) is 0 Å². The van der Waals surface area contributed by atoms with Gasteiger partial charge in [-0.2, -0.15) is 5.41 Å². The van der Waals surface area contributed by atoms with Gasteiger partial charge in [0.2, 0.25) is 0 Å². The molecule has 0 bridgehead atoms. The van der Waals surface area contributed by atoms with Crippen molar-refractivity contribution in [2.45, 2.75) is 53.9 Å². The Labute approximate surface area is 90.7 Å². The van der Waals surface area contributed by atoms with Gasteiger partial charge in [-0.05, 0) is 5.41 Å². The Balaban J connectivity index is 0. The molecule has 1 unspecified atom stereocenters. The van der Waals surface area contributed by atoms with E-state index in [2.05, 4.69) is 41.5 Å². The molecule has 0 rings (SSSR count). The molecule has 0 saturated heterocycles. The maximum Gasteiger partial charge on any atom is 1.00 e. The van der Waals surface area contributed by atoms with Crippen molar-refractivity contribution in [2.75, 3.05) is 0 Å². The predicted molar refractivity (Wildman–Crippen MR) is 52.4 cm³/mol. The minimum atomic E-state index is 0. The van der Waals surface area contributed by atoms with Crippen LogP contribution in [0.15, 0.2) is 0 Å². The van der Waals surface area contributed by atoms with E-state index in [9.17, 15) is 0 Å². The average molecular weight is 162 g/mol. The summed E-state index contributed by atoms with van der Waals surface area (Å²) in [6.45, 7) is 15.6. The van der Waals surface area contributed by atoms with Crippen molar-refractivity contribution in [3.63, 3.8) is 0 Å². The number of hydrogen-bond acceptors (Lipinski definition) is 0. The van der Waals surface area contributed by atoms with Gasteiger partial charge >= 0.3 is 18.9 Å². The zero-order valence-electron chi connectivity index (χ0n) is 9.83. The van der Waals surface area contributed by atoms with E-state index in [1.54, 1.807) is 0 Å². The van der Waals surface area contributed by atoms with E-state index in [0.29, 0.717) is 5.41 Å². The molecule has 0 aromatic carbocycles. The van der Waals surface area contributed by atoms with Gasteiger partial charge in [-0.3, -0.25) is 0 Å². The van der Waals surface area contributed by atoms with Crippen LogP contribution in [0.5, 0.6) is 0 Å². The molecule has 0 radical (unpaired) electrons. The molecule has 0 aliphatic carbocycles. The van der Waals surface area contributed by atoms with Crippen molar-refractivity contribution in [1.29, 1.82) is 0 Å². The Hall–Kier alpha value is 0.597. The van der Waals surface area contributed by atoms with Crippen molar-refractivity contribution < 1.29 is 18.9 Å². The van der Waals surface area contributed by atoms with E-state index in [1.165, 1.54) is 19.3 Å². The maximum absolute atomic E-state index is 4.22. The molecule has 0 aliphatic rings. The summed E-state index contributed by atoms with van der Waals surface area (Å²) < 4.78 is 0. The third-order valence-corrected chi connectivity index (χ3v) is 2.72. The minimum Gasteiger partial charge on any atom is -0.337 e. The zero-order valence-corrected chi connectivity index (χ0v) is 9.83. The predicted octanol–water partition coefficient (Wildman–Crippen LogP) is 1.07. The van der Waals surface area contributed by atoms with Crippen LogP contribution in [0.2, 0.25) is 0 Å². The van der Waals surface area contributed by atoms with Gasteiger partial charge in [0.25, 0.3) is 0 Å². The van der Waals surface area contributed by atoms with Gasteiger partial charge in [0.05, 0.1) is 0 Å². The fourth-order valence-electron chi connectivity index (χ4n) is 1.41. The van der Waals surface area contributed by atoms with Crippen molar-refractivity contribution in [3.8, 4) is 0 Å². The van der Waals surface area contributed by atoms with E-state index in [4.69, 9.17) is 0 Å². The van der Waals surface area contributed by atoms with Crippen molar-refractivity contribution in [3.05, 3.63) is 6.92 Å². The Morgan fingerprint density at radius 2 is 1.42 bits per heavy atom. The fraction of sp³-hybridized carbons (Fsp3) is 0.909. The molecule has 0 aromatic rings. The quantitative estimate of drug-likeness (QED) is 0.428. The topological polar surface area (TPSA) is 0 Å². The Bertz CT molecular complexity index is 100. The maximum atomic E-state index is 4.22. The average Bonchev–Trinajstić information content (AvgIpc) is 1.86. The second-order valence-corrected chi connectivity index (χ2v) is 4.86. The van der Waals surface area contributed by atoms with Crippen LogP contribution >= 0.6 is 0 Å². The molecule has 1 atom stereocenters. The van der Waals surface area contributed by atoms with E-state index in [0.717, 1.165) is 0 Å². The van der Waals surface area contributed by atoms with Gasteiger partial charge in [0.15, 0.2) is 0 Å². The molecule has 0 spiro atoms. The van der Waals surface area contributed by atoms with E-state index < -0.39 is 0 Å². The van der Waals surface area contributed by atoms with Gasteiger partial charge in [-0.15, -0.1) is 0 Å². The number of hydrogen-bond donors (Lipinski definition) is 0. The van der Waals surface area contributed by atoms with E-state index in [-0.39, 0.29) is 24.3 Å². The molecule has 12 heavy (non-hydrogen) atoms. The zero-order chi connectivity index (χ0) is 9.12. The molecule has 0 nitrogen and oxygen atoms in total. The van der Waals surface area contributed by atoms with Crippen LogP contribution in [0.25, 0.3) is 0 Å². The standard InChI is InChI=1S/C11H23.Li/c1-7-10(3,4)9-11(5,6)8-2;/h3,7-9H2,1-2,4-6H3;/q-1;+1. The molecular formula is C11H23Li. The third-order valence-electron chi connectivity index (χ3n) is 2.72. The van der Waals surface area contributed by atoms with Crippen molar-refractivity contribution >= 4 is 0 Å². The van der Waals surface area contributed by atoms with Gasteiger partial charge in [-0.1, -0.05) is 53.9 Å². The van der Waals surface area contributed by atoms with Crippen LogP contribution in [-0.2, 0) is 0 Å². The van der Waals surface area contributed by atoms with Gasteiger partial charge in [-0.25, -0.2) is 0 Å². The first kappa shape index (κ1) is 15.1. The third kappa shape index (κ3) is 6.15. The molecule has 0 aliphatic heterocycles. The summed E-state index contributed by atoms with van der Waals surface area (Å²) in [6, 6.07) is 0. The van der Waals surface area contributed by atoms with E-state index >= 15 is 0 Å². The van der Waals surface area contributed by atoms with E-state index in [1.807, 2.05) is 0 Å². The SMILES string of the molecule is [CH2-]C(C)(CC)CC(C)(C)CC.[Li+]. The van der Waals surface area contributed by atoms with Crippen LogP contribution in [0.3, 0.4) is 0 Å². The Morgan fingerprint density at radius 3 is 1.67 bits per heavy atom. The minimum absolute atomic E-state index is 0. The summed E-state index contributed by atoms with van der Waals surface area (Å²) in [4.78, 5) is 0. The molecule has 0 N–H and O–H groups in total. The molecule has 1 heteroatoms. The van der Waals surface area contributed by atoms with Crippen molar-refractivity contribution in [2.24, 2.45) is 10.8 Å². The summed E-state index contributed by atoms with van der Waals surface area (Å²) in [5.74, 6) is 0. The largest absolute Gasteiger partial charge is 1.00 e. The van der Waals surface area contributed by atoms with Crippen LogP contribution in [0.4, 0.5) is 0 Å². The molecule has 68 valence electrons. The van der Waals surface area contributed by atoms with Gasteiger partial charge in [0, 0.05) is 0 Å². The summed E-state index contributed by atoms with van der Waals surface area (Å²) in [6.07, 6.45) is 3.65. The molecule has 0 saturated carbocycles. The first-order valence-electron chi connectivity index (χ1n) is 4.68. The Kier molecular flexibility index (Phi) is 6.73. The Morgan fingerprint density at radius 1 is 1.00 bits per heavy atom. The smallest absolute Gasteiger partial charge is 0.337 e. The first-order valence-corrected chi connectivity index (χ1v) is 4.68. The number of rotatable bonds is 4. The summed E-state index contributed by atoms with van der Waals surface area (Å²) in [7, 11) is 0. The van der Waals surface area contributed by atoms with Crippen molar-refractivity contribution in [1.82, 2.24) is 0 Å². The second-order valence-electron chi connectivity index (χ2n) is 4.86. The van der Waals surface area contributed by atoms with Gasteiger partial charge < -0.3 is 6.92 Å². The van der Waals surface area contributed by atoms with Crippen LogP contribution in [0.1, 0.15) is 53.9 Å². The normalized spacial score (nSPS) is 16.5. The molecular weight excluding hydrogens is 139 g/mol.